The molecule has 0 bridgehead atoms. The summed E-state index contributed by atoms with van der Waals surface area (Å²) in [6, 6.07) is 17.5. The van der Waals surface area contributed by atoms with Crippen molar-refractivity contribution in [1.82, 2.24) is 0 Å². The van der Waals surface area contributed by atoms with E-state index in [0.29, 0.717) is 23.5 Å². The molecule has 11 heteroatoms. The normalized spacial score (nSPS) is 11.7. The van der Waals surface area contributed by atoms with E-state index in [1.807, 2.05) is 13.0 Å². The van der Waals surface area contributed by atoms with Gasteiger partial charge in [-0.15, -0.1) is 0 Å². The van der Waals surface area contributed by atoms with Crippen LogP contribution in [0, 0.1) is 6.92 Å². The molecule has 0 radical (unpaired) electrons. The predicted octanol–water partition coefficient (Wildman–Crippen LogP) is 5.10. The first kappa shape index (κ1) is 26.3. The van der Waals surface area contributed by atoms with Gasteiger partial charge in [-0.25, -0.2) is 21.9 Å². The summed E-state index contributed by atoms with van der Waals surface area (Å²) in [5.74, 6) is 0.376. The van der Waals surface area contributed by atoms with Crippen molar-refractivity contribution in [3.63, 3.8) is 0 Å². The summed E-state index contributed by atoms with van der Waals surface area (Å²) < 4.78 is 58.0. The third-order valence-electron chi connectivity index (χ3n) is 5.64. The van der Waals surface area contributed by atoms with Crippen LogP contribution in [0.2, 0.25) is 0 Å². The largest absolute Gasteiger partial charge is 0.493 e. The van der Waals surface area contributed by atoms with Crippen LogP contribution in [-0.2, 0) is 25.6 Å². The van der Waals surface area contributed by atoms with Crippen molar-refractivity contribution in [2.75, 3.05) is 22.1 Å². The molecular formula is C24H28N3O6PS. The second-order valence-corrected chi connectivity index (χ2v) is 11.8. The summed E-state index contributed by atoms with van der Waals surface area (Å²) in [5.41, 5.74) is 10.7. The molecule has 0 aromatic heterocycles. The van der Waals surface area contributed by atoms with Crippen LogP contribution in [0.3, 0.4) is 0 Å². The Hall–Kier alpha value is -3.33. The van der Waals surface area contributed by atoms with E-state index in [1.165, 1.54) is 38.1 Å². The number of ether oxygens (including phenoxy) is 1. The van der Waals surface area contributed by atoms with Crippen molar-refractivity contribution in [1.29, 1.82) is 0 Å². The van der Waals surface area contributed by atoms with E-state index in [2.05, 4.69) is 5.48 Å². The van der Waals surface area contributed by atoms with E-state index >= 15 is 0 Å². The van der Waals surface area contributed by atoms with Gasteiger partial charge in [0.15, 0.2) is 5.28 Å². The molecule has 3 aromatic rings. The van der Waals surface area contributed by atoms with Gasteiger partial charge < -0.3 is 10.5 Å². The van der Waals surface area contributed by atoms with E-state index in [-0.39, 0.29) is 17.2 Å². The minimum Gasteiger partial charge on any atom is -0.493 e. The van der Waals surface area contributed by atoms with Gasteiger partial charge in [-0.3, -0.25) is 10.7 Å². The maximum Gasteiger partial charge on any atom is 0.342 e. The third-order valence-corrected chi connectivity index (χ3v) is 8.88. The number of nitrogens with one attached hydrogen (secondary N) is 1. The van der Waals surface area contributed by atoms with E-state index in [1.54, 1.807) is 36.4 Å². The van der Waals surface area contributed by atoms with Crippen LogP contribution < -0.4 is 20.3 Å². The van der Waals surface area contributed by atoms with Crippen molar-refractivity contribution in [3.05, 3.63) is 77.9 Å². The Bertz CT molecular complexity index is 1370. The first-order chi connectivity index (χ1) is 16.5. The maximum absolute atomic E-state index is 13.5. The zero-order chi connectivity index (χ0) is 25.8. The highest BCUT2D eigenvalue weighted by atomic mass is 32.2. The molecule has 0 saturated carbocycles. The molecule has 4 N–H and O–H groups in total. The van der Waals surface area contributed by atoms with Crippen LogP contribution in [0.4, 0.5) is 17.1 Å². The molecular weight excluding hydrogens is 489 g/mol. The standard InChI is InChI=1S/C24H28N3O6PS/c1-17-18(12-13-22(25)23(17)26-28)14-15-33-20-9-7-8-19(16-20)27(24(2,3)34(29)30)35(31,32)21-10-5-4-6-11-21/h4-13,16,26,28H,14-15,25H2,1-3H3. The van der Waals surface area contributed by atoms with E-state index in [9.17, 15) is 22.8 Å². The predicted molar refractivity (Wildman–Crippen MR) is 135 cm³/mol. The first-order valence-electron chi connectivity index (χ1n) is 10.8. The number of sulfonamides is 1. The molecule has 35 heavy (non-hydrogen) atoms. The fraction of sp³-hybridized carbons (Fsp3) is 0.250. The monoisotopic (exact) mass is 517 g/mol. The first-order valence-corrected chi connectivity index (χ1v) is 13.4. The Labute approximate surface area is 205 Å². The molecule has 0 fully saturated rings. The van der Waals surface area contributed by atoms with Gasteiger partial charge in [0.1, 0.15) is 5.75 Å². The average molecular weight is 518 g/mol. The molecule has 0 amide bonds. The fourth-order valence-corrected chi connectivity index (χ4v) is 6.17. The summed E-state index contributed by atoms with van der Waals surface area (Å²) in [7, 11) is -7.36. The smallest absolute Gasteiger partial charge is 0.342 e. The van der Waals surface area contributed by atoms with Crippen LogP contribution in [0.25, 0.3) is 0 Å². The van der Waals surface area contributed by atoms with Crippen LogP contribution in [0.5, 0.6) is 5.75 Å². The second kappa shape index (κ2) is 10.5. The highest BCUT2D eigenvalue weighted by Gasteiger charge is 2.42. The van der Waals surface area contributed by atoms with E-state index < -0.39 is 23.0 Å². The Morgan fingerprint density at radius 3 is 2.37 bits per heavy atom. The van der Waals surface area contributed by atoms with Gasteiger partial charge in [0.05, 0.1) is 28.6 Å². The minimum absolute atomic E-state index is 0.0247. The molecule has 0 atom stereocenters. The lowest BCUT2D eigenvalue weighted by molar-refractivity contribution is 0.321. The van der Waals surface area contributed by atoms with Crippen molar-refractivity contribution < 1.29 is 27.5 Å². The Balaban J connectivity index is 1.91. The lowest BCUT2D eigenvalue weighted by Gasteiger charge is -2.34. The molecule has 0 aliphatic carbocycles. The number of nitrogens with two attached hydrogens (primary N) is 1. The number of nitrogen functional groups attached to an aromatic ring is 1. The maximum atomic E-state index is 13.5. The molecule has 0 aliphatic rings. The molecule has 3 aromatic carbocycles. The van der Waals surface area contributed by atoms with Gasteiger partial charge in [-0.2, -0.15) is 0 Å². The topological polar surface area (TPSA) is 139 Å². The third kappa shape index (κ3) is 5.51. The van der Waals surface area contributed by atoms with Gasteiger partial charge in [0, 0.05) is 12.5 Å². The van der Waals surface area contributed by atoms with Gasteiger partial charge in [0.25, 0.3) is 10.0 Å². The van der Waals surface area contributed by atoms with Crippen LogP contribution in [-0.4, -0.2) is 25.5 Å². The van der Waals surface area contributed by atoms with Crippen LogP contribution in [0.15, 0.2) is 71.6 Å². The number of benzene rings is 3. The SMILES string of the molecule is Cc1c(CCOc2cccc(N(C(C)(C)P(=O)=O)S(=O)(=O)c3ccccc3)c2)ccc(N)c1NO. The van der Waals surface area contributed by atoms with E-state index in [4.69, 9.17) is 10.5 Å². The molecule has 0 aliphatic heterocycles. The molecule has 0 heterocycles. The summed E-state index contributed by atoms with van der Waals surface area (Å²) in [5, 5.41) is 7.57. The van der Waals surface area contributed by atoms with Crippen molar-refractivity contribution in [3.8, 4) is 5.75 Å². The Kier molecular flexibility index (Phi) is 7.90. The molecule has 3 rings (SSSR count). The average Bonchev–Trinajstić information content (AvgIpc) is 2.81. The van der Waals surface area contributed by atoms with Crippen LogP contribution >= 0.6 is 7.68 Å². The highest BCUT2D eigenvalue weighted by molar-refractivity contribution is 7.93. The van der Waals surface area contributed by atoms with Gasteiger partial charge in [-0.1, -0.05) is 30.3 Å². The zero-order valence-corrected chi connectivity index (χ0v) is 21.3. The molecule has 186 valence electrons. The second-order valence-electron chi connectivity index (χ2n) is 8.36. The highest BCUT2D eigenvalue weighted by Crippen LogP contribution is 2.41. The number of hydrogen-bond donors (Lipinski definition) is 3. The van der Waals surface area contributed by atoms with Gasteiger partial charge in [-0.05, 0) is 62.2 Å². The summed E-state index contributed by atoms with van der Waals surface area (Å²) >= 11 is 0. The van der Waals surface area contributed by atoms with Gasteiger partial charge in [0.2, 0.25) is 0 Å². The van der Waals surface area contributed by atoms with Gasteiger partial charge >= 0.3 is 7.68 Å². The summed E-state index contributed by atoms with van der Waals surface area (Å²) in [6.45, 7) is 4.75. The number of nitrogens with zero attached hydrogens (tertiary/aromatic N) is 1. The summed E-state index contributed by atoms with van der Waals surface area (Å²) in [4.78, 5) is -0.0247. The Morgan fingerprint density at radius 1 is 1.06 bits per heavy atom. The molecule has 0 saturated heterocycles. The fourth-order valence-electron chi connectivity index (χ4n) is 3.69. The van der Waals surface area contributed by atoms with Crippen molar-refractivity contribution in [2.45, 2.75) is 37.4 Å². The molecule has 0 unspecified atom stereocenters. The summed E-state index contributed by atoms with van der Waals surface area (Å²) in [6.07, 6.45) is 0.495. The van der Waals surface area contributed by atoms with Crippen molar-refractivity contribution in [2.24, 2.45) is 0 Å². The molecule has 9 nitrogen and oxygen atoms in total. The molecule has 0 spiro atoms. The minimum atomic E-state index is -4.20. The van der Waals surface area contributed by atoms with Crippen LogP contribution in [0.1, 0.15) is 25.0 Å². The lowest BCUT2D eigenvalue weighted by atomic mass is 10.0. The number of hydrogen-bond acceptors (Lipinski definition) is 8. The number of anilines is 3. The van der Waals surface area contributed by atoms with E-state index in [0.717, 1.165) is 15.4 Å². The van der Waals surface area contributed by atoms with Crippen molar-refractivity contribution >= 4 is 34.8 Å². The lowest BCUT2D eigenvalue weighted by Crippen LogP contribution is -2.44. The number of rotatable bonds is 10. The Morgan fingerprint density at radius 2 is 1.74 bits per heavy atom. The zero-order valence-electron chi connectivity index (χ0n) is 19.6. The quantitative estimate of drug-likeness (QED) is 0.192.